The molecule has 1 aliphatic rings. The number of urea groups is 1. The number of benzene rings is 1. The van der Waals surface area contributed by atoms with Crippen LogP contribution in [0.15, 0.2) is 18.2 Å². The number of amides is 3. The highest BCUT2D eigenvalue weighted by Gasteiger charge is 2.20. The first-order valence-corrected chi connectivity index (χ1v) is 8.11. The van der Waals surface area contributed by atoms with Crippen molar-refractivity contribution in [1.82, 2.24) is 15.1 Å². The van der Waals surface area contributed by atoms with Gasteiger partial charge in [-0.05, 0) is 30.0 Å². The summed E-state index contributed by atoms with van der Waals surface area (Å²) in [6, 6.07) is 3.57. The molecule has 5 nitrogen and oxygen atoms in total. The van der Waals surface area contributed by atoms with Crippen molar-refractivity contribution in [3.63, 3.8) is 0 Å². The van der Waals surface area contributed by atoms with E-state index in [0.29, 0.717) is 38.3 Å². The molecule has 1 N–H and O–H groups in total. The predicted molar refractivity (Wildman–Crippen MR) is 86.6 cm³/mol. The van der Waals surface area contributed by atoms with Gasteiger partial charge in [-0.1, -0.05) is 13.0 Å². The lowest BCUT2D eigenvalue weighted by Gasteiger charge is -2.23. The van der Waals surface area contributed by atoms with Crippen LogP contribution in [0.3, 0.4) is 0 Å². The zero-order chi connectivity index (χ0) is 17.7. The van der Waals surface area contributed by atoms with Gasteiger partial charge in [0, 0.05) is 39.6 Å². The van der Waals surface area contributed by atoms with E-state index >= 15 is 0 Å². The average molecular weight is 339 g/mol. The fraction of sp³-hybridized carbons (Fsp3) is 0.529. The Bertz CT molecular complexity index is 609. The third-order valence-corrected chi connectivity index (χ3v) is 4.30. The molecule has 1 aromatic carbocycles. The van der Waals surface area contributed by atoms with Crippen LogP contribution in [0.4, 0.5) is 13.6 Å². The van der Waals surface area contributed by atoms with E-state index < -0.39 is 11.6 Å². The van der Waals surface area contributed by atoms with Gasteiger partial charge in [0.15, 0.2) is 11.6 Å². The van der Waals surface area contributed by atoms with Crippen molar-refractivity contribution in [2.45, 2.75) is 26.2 Å². The van der Waals surface area contributed by atoms with E-state index in [9.17, 15) is 18.4 Å². The zero-order valence-electron chi connectivity index (χ0n) is 14.0. The molecule has 0 aromatic heterocycles. The minimum absolute atomic E-state index is 0.0178. The molecule has 0 bridgehead atoms. The third kappa shape index (κ3) is 4.66. The molecule has 1 aromatic rings. The van der Waals surface area contributed by atoms with Crippen molar-refractivity contribution in [2.75, 3.05) is 32.7 Å². The maximum absolute atomic E-state index is 13.3. The van der Waals surface area contributed by atoms with Gasteiger partial charge in [0.25, 0.3) is 0 Å². The van der Waals surface area contributed by atoms with Crippen LogP contribution in [-0.4, -0.2) is 54.5 Å². The monoisotopic (exact) mass is 339 g/mol. The maximum atomic E-state index is 13.3. The number of nitrogens with zero attached hydrogens (tertiary/aromatic N) is 2. The summed E-state index contributed by atoms with van der Waals surface area (Å²) in [7, 11) is 0. The molecule has 0 saturated carbocycles. The van der Waals surface area contributed by atoms with E-state index in [-0.39, 0.29) is 17.9 Å². The van der Waals surface area contributed by atoms with Crippen molar-refractivity contribution in [3.05, 3.63) is 35.4 Å². The van der Waals surface area contributed by atoms with E-state index in [2.05, 4.69) is 5.32 Å². The molecule has 0 spiro atoms. The van der Waals surface area contributed by atoms with E-state index in [1.165, 1.54) is 13.0 Å². The molecule has 0 aliphatic carbocycles. The average Bonchev–Trinajstić information content (AvgIpc) is 2.81. The number of halogens is 2. The maximum Gasteiger partial charge on any atom is 0.317 e. The second-order valence-electron chi connectivity index (χ2n) is 6.11. The summed E-state index contributed by atoms with van der Waals surface area (Å²) in [4.78, 5) is 27.1. The highest BCUT2D eigenvalue weighted by molar-refractivity contribution is 5.75. The van der Waals surface area contributed by atoms with Crippen LogP contribution in [0, 0.1) is 11.6 Å². The van der Waals surface area contributed by atoms with E-state index in [4.69, 9.17) is 0 Å². The highest BCUT2D eigenvalue weighted by atomic mass is 19.2. The molecule has 24 heavy (non-hydrogen) atoms. The molecule has 2 rings (SSSR count). The van der Waals surface area contributed by atoms with Gasteiger partial charge >= 0.3 is 6.03 Å². The SMILES string of the molecule is CC(=O)N1CCCN(C(=O)NC[C@H](C)c2ccc(F)c(F)c2)CC1. The Balaban J connectivity index is 1.85. The van der Waals surface area contributed by atoms with Gasteiger partial charge in [-0.2, -0.15) is 0 Å². The quantitative estimate of drug-likeness (QED) is 0.919. The molecule has 132 valence electrons. The summed E-state index contributed by atoms with van der Waals surface area (Å²) in [6.07, 6.45) is 0.742. The first-order chi connectivity index (χ1) is 11.4. The van der Waals surface area contributed by atoms with E-state index in [0.717, 1.165) is 18.6 Å². The topological polar surface area (TPSA) is 52.7 Å². The minimum Gasteiger partial charge on any atom is -0.341 e. The summed E-state index contributed by atoms with van der Waals surface area (Å²) in [6.45, 7) is 5.97. The number of carbonyl (C=O) groups is 2. The summed E-state index contributed by atoms with van der Waals surface area (Å²) in [5.41, 5.74) is 0.632. The lowest BCUT2D eigenvalue weighted by Crippen LogP contribution is -2.43. The zero-order valence-corrected chi connectivity index (χ0v) is 14.0. The van der Waals surface area contributed by atoms with E-state index in [1.54, 1.807) is 9.80 Å². The van der Waals surface area contributed by atoms with Crippen LogP contribution in [0.5, 0.6) is 0 Å². The summed E-state index contributed by atoms with van der Waals surface area (Å²) < 4.78 is 26.2. The normalized spacial score (nSPS) is 16.5. The molecule has 0 radical (unpaired) electrons. The van der Waals surface area contributed by atoms with Crippen molar-refractivity contribution >= 4 is 11.9 Å². The molecular formula is C17H23F2N3O2. The van der Waals surface area contributed by atoms with E-state index in [1.807, 2.05) is 6.92 Å². The number of carbonyl (C=O) groups excluding carboxylic acids is 2. The molecule has 0 unspecified atom stereocenters. The summed E-state index contributed by atoms with van der Waals surface area (Å²) >= 11 is 0. The van der Waals surface area contributed by atoms with Crippen LogP contribution >= 0.6 is 0 Å². The third-order valence-electron chi connectivity index (χ3n) is 4.30. The number of hydrogen-bond acceptors (Lipinski definition) is 2. The Morgan fingerprint density at radius 1 is 1.12 bits per heavy atom. The van der Waals surface area contributed by atoms with Gasteiger partial charge in [0.2, 0.25) is 5.91 Å². The fourth-order valence-corrected chi connectivity index (χ4v) is 2.72. The van der Waals surface area contributed by atoms with Gasteiger partial charge in [0.05, 0.1) is 0 Å². The number of rotatable bonds is 3. The van der Waals surface area contributed by atoms with Crippen LogP contribution in [-0.2, 0) is 4.79 Å². The van der Waals surface area contributed by atoms with Crippen molar-refractivity contribution in [1.29, 1.82) is 0 Å². The van der Waals surface area contributed by atoms with Crippen molar-refractivity contribution in [2.24, 2.45) is 0 Å². The van der Waals surface area contributed by atoms with Gasteiger partial charge in [-0.25, -0.2) is 13.6 Å². The standard InChI is InChI=1S/C17H23F2N3O2/c1-12(14-4-5-15(18)16(19)10-14)11-20-17(24)22-7-3-6-21(8-9-22)13(2)23/h4-5,10,12H,3,6-9,11H2,1-2H3,(H,20,24)/t12-/m0/s1. The molecule has 1 aliphatic heterocycles. The minimum atomic E-state index is -0.887. The first kappa shape index (κ1) is 18.2. The smallest absolute Gasteiger partial charge is 0.317 e. The Labute approximate surface area is 140 Å². The first-order valence-electron chi connectivity index (χ1n) is 8.11. The van der Waals surface area contributed by atoms with Gasteiger partial charge in [0.1, 0.15) is 0 Å². The van der Waals surface area contributed by atoms with Crippen LogP contribution in [0.25, 0.3) is 0 Å². The van der Waals surface area contributed by atoms with Crippen LogP contribution in [0.2, 0.25) is 0 Å². The highest BCUT2D eigenvalue weighted by Crippen LogP contribution is 2.17. The van der Waals surface area contributed by atoms with Gasteiger partial charge < -0.3 is 15.1 Å². The lowest BCUT2D eigenvalue weighted by atomic mass is 10.0. The van der Waals surface area contributed by atoms with Gasteiger partial charge in [-0.3, -0.25) is 4.79 Å². The molecular weight excluding hydrogens is 316 g/mol. The molecule has 1 fully saturated rings. The van der Waals surface area contributed by atoms with Crippen LogP contribution < -0.4 is 5.32 Å². The Hall–Kier alpha value is -2.18. The second kappa shape index (κ2) is 8.08. The summed E-state index contributed by atoms with van der Waals surface area (Å²) in [5, 5.41) is 2.82. The molecule has 7 heteroatoms. The largest absolute Gasteiger partial charge is 0.341 e. The number of hydrogen-bond donors (Lipinski definition) is 1. The molecule has 1 saturated heterocycles. The second-order valence-corrected chi connectivity index (χ2v) is 6.11. The predicted octanol–water partition coefficient (Wildman–Crippen LogP) is 2.33. The van der Waals surface area contributed by atoms with Crippen molar-refractivity contribution in [3.8, 4) is 0 Å². The van der Waals surface area contributed by atoms with Crippen LogP contribution in [0.1, 0.15) is 31.7 Å². The van der Waals surface area contributed by atoms with Gasteiger partial charge in [-0.15, -0.1) is 0 Å². The molecule has 1 atom stereocenters. The summed E-state index contributed by atoms with van der Waals surface area (Å²) in [5.74, 6) is -1.88. The number of nitrogens with one attached hydrogen (secondary N) is 1. The lowest BCUT2D eigenvalue weighted by molar-refractivity contribution is -0.128. The van der Waals surface area contributed by atoms with Crippen molar-refractivity contribution < 1.29 is 18.4 Å². The Morgan fingerprint density at radius 2 is 1.79 bits per heavy atom. The molecule has 1 heterocycles. The Kier molecular flexibility index (Phi) is 6.11. The fourth-order valence-electron chi connectivity index (χ4n) is 2.72. The Morgan fingerprint density at radius 3 is 2.46 bits per heavy atom. The molecule has 3 amide bonds.